The van der Waals surface area contributed by atoms with Crippen LogP contribution in [-0.4, -0.2) is 35.1 Å². The minimum Gasteiger partial charge on any atom is -0.481 e. The molecule has 0 aliphatic carbocycles. The van der Waals surface area contributed by atoms with Crippen LogP contribution < -0.4 is 0 Å². The van der Waals surface area contributed by atoms with Crippen molar-refractivity contribution in [2.24, 2.45) is 11.8 Å². The van der Waals surface area contributed by atoms with Gasteiger partial charge in [-0.1, -0.05) is 37.3 Å². The van der Waals surface area contributed by atoms with Gasteiger partial charge in [0.05, 0.1) is 0 Å². The third-order valence-electron chi connectivity index (χ3n) is 4.79. The van der Waals surface area contributed by atoms with Crippen LogP contribution in [0.4, 0.5) is 0 Å². The van der Waals surface area contributed by atoms with Gasteiger partial charge in [-0.25, -0.2) is 0 Å². The lowest BCUT2D eigenvalue weighted by atomic mass is 9.84. The summed E-state index contributed by atoms with van der Waals surface area (Å²) in [4.78, 5) is 13.4. The zero-order chi connectivity index (χ0) is 15.2. The lowest BCUT2D eigenvalue weighted by molar-refractivity contribution is -0.138. The highest BCUT2D eigenvalue weighted by Gasteiger charge is 2.28. The first-order chi connectivity index (χ1) is 10.1. The minimum atomic E-state index is -0.669. The van der Waals surface area contributed by atoms with Crippen LogP contribution in [0.15, 0.2) is 30.3 Å². The van der Waals surface area contributed by atoms with Crippen LogP contribution in [0.3, 0.4) is 0 Å². The molecule has 1 N–H and O–H groups in total. The van der Waals surface area contributed by atoms with Gasteiger partial charge in [-0.2, -0.15) is 0 Å². The summed E-state index contributed by atoms with van der Waals surface area (Å²) < 4.78 is 0. The molecule has 0 bridgehead atoms. The quantitative estimate of drug-likeness (QED) is 0.872. The van der Waals surface area contributed by atoms with Gasteiger partial charge < -0.3 is 10.0 Å². The van der Waals surface area contributed by atoms with Gasteiger partial charge >= 0.3 is 5.97 Å². The lowest BCUT2D eigenvalue weighted by Gasteiger charge is -2.39. The fraction of sp³-hybridized carbons (Fsp3) is 0.611. The Hall–Kier alpha value is -1.35. The molecule has 0 radical (unpaired) electrons. The molecular weight excluding hydrogens is 262 g/mol. The Morgan fingerprint density at radius 3 is 2.71 bits per heavy atom. The van der Waals surface area contributed by atoms with Crippen LogP contribution >= 0.6 is 0 Å². The van der Waals surface area contributed by atoms with Gasteiger partial charge in [-0.05, 0) is 50.1 Å². The number of hydrogen-bond acceptors (Lipinski definition) is 2. The second-order valence-corrected chi connectivity index (χ2v) is 6.51. The summed E-state index contributed by atoms with van der Waals surface area (Å²) >= 11 is 0. The Morgan fingerprint density at radius 2 is 2.05 bits per heavy atom. The Labute approximate surface area is 128 Å². The molecule has 0 spiro atoms. The van der Waals surface area contributed by atoms with E-state index in [-0.39, 0.29) is 5.92 Å². The summed E-state index contributed by atoms with van der Waals surface area (Å²) in [6, 6.07) is 11.1. The lowest BCUT2D eigenvalue weighted by Crippen LogP contribution is -2.44. The standard InChI is InChI=1S/C18H27NO2/c1-14(11-18(20)21)17-9-6-10-19(13-17)15(2)12-16-7-4-3-5-8-16/h3-5,7-8,14-15,17H,6,9-13H2,1-2H3,(H,20,21). The molecule has 1 aliphatic heterocycles. The fourth-order valence-electron chi connectivity index (χ4n) is 3.43. The van der Waals surface area contributed by atoms with E-state index < -0.39 is 5.97 Å². The SMILES string of the molecule is CC(CC(=O)O)C1CCCN(C(C)Cc2ccccc2)C1. The van der Waals surface area contributed by atoms with Gasteiger partial charge in [-0.3, -0.25) is 4.79 Å². The monoisotopic (exact) mass is 289 g/mol. The van der Waals surface area contributed by atoms with Crippen molar-refractivity contribution in [1.82, 2.24) is 4.90 Å². The maximum atomic E-state index is 10.9. The summed E-state index contributed by atoms with van der Waals surface area (Å²) in [6.07, 6.45) is 3.73. The van der Waals surface area contributed by atoms with Crippen LogP contribution in [0, 0.1) is 11.8 Å². The molecule has 3 unspecified atom stereocenters. The maximum absolute atomic E-state index is 10.9. The second-order valence-electron chi connectivity index (χ2n) is 6.51. The molecule has 1 aliphatic rings. The third-order valence-corrected chi connectivity index (χ3v) is 4.79. The van der Waals surface area contributed by atoms with E-state index in [1.54, 1.807) is 0 Å². The fourth-order valence-corrected chi connectivity index (χ4v) is 3.43. The van der Waals surface area contributed by atoms with Gasteiger partial charge in [0.15, 0.2) is 0 Å². The Bertz CT molecular complexity index is 446. The normalized spacial score (nSPS) is 22.7. The van der Waals surface area contributed by atoms with Crippen LogP contribution in [0.2, 0.25) is 0 Å². The van der Waals surface area contributed by atoms with Gasteiger partial charge in [0, 0.05) is 19.0 Å². The van der Waals surface area contributed by atoms with E-state index in [4.69, 9.17) is 5.11 Å². The summed E-state index contributed by atoms with van der Waals surface area (Å²) in [5, 5.41) is 8.97. The first kappa shape index (κ1) is 16.0. The first-order valence-electron chi connectivity index (χ1n) is 8.06. The van der Waals surface area contributed by atoms with E-state index in [2.05, 4.69) is 49.1 Å². The van der Waals surface area contributed by atoms with E-state index in [9.17, 15) is 4.79 Å². The van der Waals surface area contributed by atoms with Gasteiger partial charge in [0.1, 0.15) is 0 Å². The zero-order valence-electron chi connectivity index (χ0n) is 13.2. The predicted molar refractivity (Wildman–Crippen MR) is 85.3 cm³/mol. The van der Waals surface area contributed by atoms with Crippen molar-refractivity contribution < 1.29 is 9.90 Å². The molecule has 1 aromatic rings. The number of carboxylic acids is 1. The van der Waals surface area contributed by atoms with Crippen LogP contribution in [0.5, 0.6) is 0 Å². The van der Waals surface area contributed by atoms with Crippen LogP contribution in [0.25, 0.3) is 0 Å². The summed E-state index contributed by atoms with van der Waals surface area (Å²) in [7, 11) is 0. The van der Waals surface area contributed by atoms with E-state index in [0.29, 0.717) is 18.4 Å². The van der Waals surface area contributed by atoms with Crippen molar-refractivity contribution >= 4 is 5.97 Å². The molecule has 3 nitrogen and oxygen atoms in total. The van der Waals surface area contributed by atoms with Gasteiger partial charge in [0.2, 0.25) is 0 Å². The molecule has 21 heavy (non-hydrogen) atoms. The van der Waals surface area contributed by atoms with Crippen molar-refractivity contribution in [3.63, 3.8) is 0 Å². The van der Waals surface area contributed by atoms with Crippen molar-refractivity contribution in [3.05, 3.63) is 35.9 Å². The largest absolute Gasteiger partial charge is 0.481 e. The molecule has 0 aromatic heterocycles. The third kappa shape index (κ3) is 4.85. The number of piperidine rings is 1. The Morgan fingerprint density at radius 1 is 1.33 bits per heavy atom. The van der Waals surface area contributed by atoms with Gasteiger partial charge in [-0.15, -0.1) is 0 Å². The van der Waals surface area contributed by atoms with E-state index in [0.717, 1.165) is 19.5 Å². The molecule has 2 rings (SSSR count). The first-order valence-corrected chi connectivity index (χ1v) is 8.06. The Kier molecular flexibility index (Phi) is 5.80. The number of hydrogen-bond donors (Lipinski definition) is 1. The van der Waals surface area contributed by atoms with Crippen molar-refractivity contribution in [1.29, 1.82) is 0 Å². The smallest absolute Gasteiger partial charge is 0.303 e. The van der Waals surface area contributed by atoms with E-state index in [1.807, 2.05) is 0 Å². The van der Waals surface area contributed by atoms with Crippen LogP contribution in [0.1, 0.15) is 38.7 Å². The molecular formula is C18H27NO2. The Balaban J connectivity index is 1.89. The average Bonchev–Trinajstić information content (AvgIpc) is 2.47. The van der Waals surface area contributed by atoms with Crippen molar-refractivity contribution in [2.45, 2.75) is 45.6 Å². The highest BCUT2D eigenvalue weighted by molar-refractivity contribution is 5.67. The number of likely N-dealkylation sites (tertiary alicyclic amines) is 1. The van der Waals surface area contributed by atoms with Gasteiger partial charge in [0.25, 0.3) is 0 Å². The number of benzene rings is 1. The summed E-state index contributed by atoms with van der Waals surface area (Å²) in [5.41, 5.74) is 1.38. The summed E-state index contributed by atoms with van der Waals surface area (Å²) in [6.45, 7) is 6.56. The molecule has 1 saturated heterocycles. The number of nitrogens with zero attached hydrogens (tertiary/aromatic N) is 1. The molecule has 0 amide bonds. The molecule has 1 aromatic carbocycles. The maximum Gasteiger partial charge on any atom is 0.303 e. The topological polar surface area (TPSA) is 40.5 Å². The highest BCUT2D eigenvalue weighted by Crippen LogP contribution is 2.27. The van der Waals surface area contributed by atoms with E-state index >= 15 is 0 Å². The summed E-state index contributed by atoms with van der Waals surface area (Å²) in [5.74, 6) is 0.124. The number of carboxylic acid groups (broad SMARTS) is 1. The number of carbonyl (C=O) groups is 1. The highest BCUT2D eigenvalue weighted by atomic mass is 16.4. The van der Waals surface area contributed by atoms with Crippen molar-refractivity contribution in [2.75, 3.05) is 13.1 Å². The minimum absolute atomic E-state index is 0.272. The number of rotatable bonds is 6. The molecule has 0 saturated carbocycles. The predicted octanol–water partition coefficient (Wildman–Crippen LogP) is 3.44. The molecule has 116 valence electrons. The molecule has 1 fully saturated rings. The zero-order valence-corrected chi connectivity index (χ0v) is 13.2. The van der Waals surface area contributed by atoms with Crippen molar-refractivity contribution in [3.8, 4) is 0 Å². The molecule has 3 heteroatoms. The van der Waals surface area contributed by atoms with Crippen LogP contribution in [-0.2, 0) is 11.2 Å². The molecule has 3 atom stereocenters. The molecule has 1 heterocycles. The van der Waals surface area contributed by atoms with E-state index in [1.165, 1.54) is 18.4 Å². The number of aliphatic carboxylic acids is 1. The second kappa shape index (κ2) is 7.60. The average molecular weight is 289 g/mol.